The lowest BCUT2D eigenvalue weighted by molar-refractivity contribution is -0.154. The van der Waals surface area contributed by atoms with Crippen LogP contribution in [0.25, 0.3) is 0 Å². The number of ether oxygens (including phenoxy) is 1. The van der Waals surface area contributed by atoms with Crippen molar-refractivity contribution in [1.29, 1.82) is 0 Å². The highest BCUT2D eigenvalue weighted by atomic mass is 32.2. The Morgan fingerprint density at radius 3 is 2.24 bits per heavy atom. The average molecular weight is 428 g/mol. The monoisotopic (exact) mass is 427 g/mol. The van der Waals surface area contributed by atoms with Gasteiger partial charge in [-0.3, -0.25) is 4.79 Å². The highest BCUT2D eigenvalue weighted by molar-refractivity contribution is 7.99. The molecular formula is C22H37NO5S. The summed E-state index contributed by atoms with van der Waals surface area (Å²) in [6, 6.07) is -1.13. The van der Waals surface area contributed by atoms with Gasteiger partial charge in [0.1, 0.15) is 6.04 Å². The van der Waals surface area contributed by atoms with Gasteiger partial charge < -0.3 is 15.2 Å². The van der Waals surface area contributed by atoms with Gasteiger partial charge >= 0.3 is 17.8 Å². The van der Waals surface area contributed by atoms with E-state index in [0.717, 1.165) is 38.2 Å². The smallest absolute Gasteiger partial charge is 0.396 e. The number of aliphatic carboxylic acids is 1. The number of rotatable bonds is 13. The van der Waals surface area contributed by atoms with E-state index in [1.165, 1.54) is 29.3 Å². The average Bonchev–Trinajstić information content (AvgIpc) is 2.67. The number of nitrogens with one attached hydrogen (secondary N) is 1. The SMILES string of the molecule is COC(=O)C(=O)N[C@@H](CSC/C=C(\C)CC/C=C(\C)CCC(C)C(C)C)C(=O)O. The molecule has 2 atom stereocenters. The van der Waals surface area contributed by atoms with E-state index in [1.807, 2.05) is 0 Å². The number of thioether (sulfide) groups is 1. The van der Waals surface area contributed by atoms with Crippen molar-refractivity contribution in [2.75, 3.05) is 18.6 Å². The van der Waals surface area contributed by atoms with E-state index in [2.05, 4.69) is 56.8 Å². The Kier molecular flexibility index (Phi) is 14.2. The minimum atomic E-state index is -1.18. The van der Waals surface area contributed by atoms with Gasteiger partial charge in [0, 0.05) is 11.5 Å². The number of esters is 1. The number of carbonyl (C=O) groups is 3. The van der Waals surface area contributed by atoms with E-state index in [9.17, 15) is 14.4 Å². The summed E-state index contributed by atoms with van der Waals surface area (Å²) < 4.78 is 4.28. The van der Waals surface area contributed by atoms with Gasteiger partial charge in [-0.25, -0.2) is 9.59 Å². The zero-order valence-electron chi connectivity index (χ0n) is 18.6. The minimum Gasteiger partial charge on any atom is -0.480 e. The molecule has 166 valence electrons. The van der Waals surface area contributed by atoms with Crippen LogP contribution in [-0.2, 0) is 19.1 Å². The first-order valence-corrected chi connectivity index (χ1v) is 11.2. The highest BCUT2D eigenvalue weighted by Gasteiger charge is 2.23. The summed E-state index contributed by atoms with van der Waals surface area (Å²) in [4.78, 5) is 33.7. The minimum absolute atomic E-state index is 0.175. The molecule has 0 aromatic heterocycles. The maximum Gasteiger partial charge on any atom is 0.396 e. The van der Waals surface area contributed by atoms with E-state index in [0.29, 0.717) is 5.75 Å². The zero-order valence-corrected chi connectivity index (χ0v) is 19.4. The summed E-state index contributed by atoms with van der Waals surface area (Å²) in [6.45, 7) is 11.1. The van der Waals surface area contributed by atoms with Crippen LogP contribution in [0.5, 0.6) is 0 Å². The summed E-state index contributed by atoms with van der Waals surface area (Å²) in [5.74, 6) is -1.03. The van der Waals surface area contributed by atoms with Crippen LogP contribution in [0, 0.1) is 11.8 Å². The summed E-state index contributed by atoms with van der Waals surface area (Å²) >= 11 is 1.39. The molecule has 0 radical (unpaired) electrons. The Hall–Kier alpha value is -1.76. The molecule has 1 unspecified atom stereocenters. The molecule has 0 saturated heterocycles. The van der Waals surface area contributed by atoms with E-state index in [1.54, 1.807) is 0 Å². The number of methoxy groups -OCH3 is 1. The summed E-state index contributed by atoms with van der Waals surface area (Å²) in [7, 11) is 1.07. The maximum atomic E-state index is 11.4. The summed E-state index contributed by atoms with van der Waals surface area (Å²) in [6.07, 6.45) is 8.73. The molecule has 0 aromatic rings. The van der Waals surface area contributed by atoms with Crippen LogP contribution in [0.2, 0.25) is 0 Å². The van der Waals surface area contributed by atoms with E-state index < -0.39 is 23.9 Å². The fourth-order valence-electron chi connectivity index (χ4n) is 2.41. The quantitative estimate of drug-likeness (QED) is 0.198. The van der Waals surface area contributed by atoms with Crippen molar-refractivity contribution < 1.29 is 24.2 Å². The fourth-order valence-corrected chi connectivity index (χ4v) is 3.41. The third kappa shape index (κ3) is 13.2. The van der Waals surface area contributed by atoms with Crippen molar-refractivity contribution in [2.24, 2.45) is 11.8 Å². The molecule has 0 heterocycles. The first-order chi connectivity index (χ1) is 13.6. The number of amides is 1. The van der Waals surface area contributed by atoms with Crippen LogP contribution in [0.4, 0.5) is 0 Å². The Bertz CT molecular complexity index is 598. The number of hydrogen-bond acceptors (Lipinski definition) is 5. The van der Waals surface area contributed by atoms with Crippen LogP contribution in [0.1, 0.15) is 60.3 Å². The lowest BCUT2D eigenvalue weighted by Gasteiger charge is -2.15. The summed E-state index contributed by atoms with van der Waals surface area (Å²) in [5.41, 5.74) is 2.69. The van der Waals surface area contributed by atoms with Crippen molar-refractivity contribution >= 4 is 29.6 Å². The van der Waals surface area contributed by atoms with E-state index in [-0.39, 0.29) is 5.75 Å². The van der Waals surface area contributed by atoms with Gasteiger partial charge in [-0.05, 0) is 51.4 Å². The molecule has 0 aromatic carbocycles. The molecule has 0 aliphatic rings. The van der Waals surface area contributed by atoms with E-state index in [4.69, 9.17) is 5.11 Å². The molecular weight excluding hydrogens is 390 g/mol. The van der Waals surface area contributed by atoms with Crippen LogP contribution in [0.3, 0.4) is 0 Å². The van der Waals surface area contributed by atoms with Crippen molar-refractivity contribution in [3.63, 3.8) is 0 Å². The second-order valence-electron chi connectivity index (χ2n) is 7.79. The standard InChI is InChI=1S/C22H37NO5S/c1-15(2)18(5)11-10-16(3)8-7-9-17(4)12-13-29-14-19(21(25)26)23-20(24)22(27)28-6/h8,12,15,18-19H,7,9-11,13-14H2,1-6H3,(H,23,24)(H,25,26)/b16-8+,17-12+/t18?,19-/m0/s1. The van der Waals surface area contributed by atoms with Crippen LogP contribution in [0.15, 0.2) is 23.3 Å². The Morgan fingerprint density at radius 2 is 1.69 bits per heavy atom. The van der Waals surface area contributed by atoms with Crippen molar-refractivity contribution in [2.45, 2.75) is 66.3 Å². The van der Waals surface area contributed by atoms with Gasteiger partial charge in [0.15, 0.2) is 0 Å². The first kappa shape index (κ1) is 27.2. The lowest BCUT2D eigenvalue weighted by Crippen LogP contribution is -2.45. The Balaban J connectivity index is 4.25. The molecule has 0 aliphatic carbocycles. The summed E-state index contributed by atoms with van der Waals surface area (Å²) in [5, 5.41) is 11.3. The second kappa shape index (κ2) is 15.1. The fraction of sp³-hybridized carbons (Fsp3) is 0.682. The van der Waals surface area contributed by atoms with Crippen molar-refractivity contribution in [3.05, 3.63) is 23.3 Å². The van der Waals surface area contributed by atoms with Crippen LogP contribution >= 0.6 is 11.8 Å². The molecule has 1 amide bonds. The van der Waals surface area contributed by atoms with Gasteiger partial charge in [-0.15, -0.1) is 0 Å². The molecule has 7 heteroatoms. The van der Waals surface area contributed by atoms with Gasteiger partial charge in [0.2, 0.25) is 0 Å². The largest absolute Gasteiger partial charge is 0.480 e. The van der Waals surface area contributed by atoms with Crippen LogP contribution < -0.4 is 5.32 Å². The lowest BCUT2D eigenvalue weighted by atomic mass is 9.91. The van der Waals surface area contributed by atoms with Crippen molar-refractivity contribution in [1.82, 2.24) is 5.32 Å². The second-order valence-corrected chi connectivity index (χ2v) is 8.87. The van der Waals surface area contributed by atoms with Crippen LogP contribution in [-0.4, -0.2) is 47.6 Å². The topological polar surface area (TPSA) is 92.7 Å². The van der Waals surface area contributed by atoms with Gasteiger partial charge in [0.25, 0.3) is 0 Å². The predicted octanol–water partition coefficient (Wildman–Crippen LogP) is 4.21. The number of carboxylic acid groups (broad SMARTS) is 1. The number of carbonyl (C=O) groups excluding carboxylic acids is 2. The normalized spacial score (nSPS) is 14.4. The zero-order chi connectivity index (χ0) is 22.4. The Morgan fingerprint density at radius 1 is 1.07 bits per heavy atom. The molecule has 0 rings (SSSR count). The maximum absolute atomic E-state index is 11.4. The third-order valence-corrected chi connectivity index (χ3v) is 5.94. The molecule has 2 N–H and O–H groups in total. The highest BCUT2D eigenvalue weighted by Crippen LogP contribution is 2.19. The molecule has 0 bridgehead atoms. The van der Waals surface area contributed by atoms with Gasteiger partial charge in [-0.1, -0.05) is 44.1 Å². The number of allylic oxidation sites excluding steroid dienone is 3. The third-order valence-electron chi connectivity index (χ3n) is 4.97. The first-order valence-electron chi connectivity index (χ1n) is 10.1. The molecule has 6 nitrogen and oxygen atoms in total. The molecule has 29 heavy (non-hydrogen) atoms. The predicted molar refractivity (Wildman–Crippen MR) is 119 cm³/mol. The number of hydrogen-bond donors (Lipinski definition) is 2. The number of carboxylic acids is 1. The van der Waals surface area contributed by atoms with E-state index >= 15 is 0 Å². The van der Waals surface area contributed by atoms with Gasteiger partial charge in [0.05, 0.1) is 7.11 Å². The van der Waals surface area contributed by atoms with Gasteiger partial charge in [-0.2, -0.15) is 11.8 Å². The molecule has 0 saturated carbocycles. The molecule has 0 fully saturated rings. The molecule has 0 aliphatic heterocycles. The Labute approximate surface area is 179 Å². The molecule has 0 spiro atoms. The van der Waals surface area contributed by atoms with Crippen molar-refractivity contribution in [3.8, 4) is 0 Å².